The van der Waals surface area contributed by atoms with E-state index in [2.05, 4.69) is 249 Å². The second kappa shape index (κ2) is 26.7. The molecule has 0 amide bonds. The van der Waals surface area contributed by atoms with Crippen LogP contribution in [-0.2, 0) is 10.8 Å². The first kappa shape index (κ1) is 58.9. The summed E-state index contributed by atoms with van der Waals surface area (Å²) in [5, 5.41) is 0. The lowest BCUT2D eigenvalue weighted by Crippen LogP contribution is -2.29. The lowest BCUT2D eigenvalue weighted by molar-refractivity contribution is 0.398. The molecule has 9 aromatic carbocycles. The summed E-state index contributed by atoms with van der Waals surface area (Å²) in [5.74, 6) is 0. The van der Waals surface area contributed by atoms with Gasteiger partial charge in [0, 0.05) is 57.8 Å². The maximum atomic E-state index is 4.73. The summed E-state index contributed by atoms with van der Waals surface area (Å²) in [5.41, 5.74) is 27.1. The monoisotopic (exact) mass is 1180 g/mol. The number of hydrogen-bond donors (Lipinski definition) is 0. The van der Waals surface area contributed by atoms with Crippen LogP contribution < -0.4 is 4.90 Å². The molecule has 0 N–H and O–H groups in total. The van der Waals surface area contributed by atoms with Gasteiger partial charge in [-0.1, -0.05) is 261 Å². The van der Waals surface area contributed by atoms with Crippen LogP contribution in [0.25, 0.3) is 78.3 Å². The number of pyridine rings is 3. The number of aromatic nitrogens is 3. The van der Waals surface area contributed by atoms with Gasteiger partial charge in [-0.05, 0) is 182 Å². The molecule has 0 radical (unpaired) electrons. The number of fused-ring (bicyclic) bond motifs is 6. The van der Waals surface area contributed by atoms with Crippen LogP contribution in [0.4, 0.5) is 17.1 Å². The van der Waals surface area contributed by atoms with E-state index in [-0.39, 0.29) is 5.41 Å². The maximum Gasteiger partial charge on any atom is 0.0713 e. The zero-order valence-corrected chi connectivity index (χ0v) is 52.7. The highest BCUT2D eigenvalue weighted by atomic mass is 15.1. The molecule has 91 heavy (non-hydrogen) atoms. The first-order valence-electron chi connectivity index (χ1n) is 33.6. The van der Waals surface area contributed by atoms with E-state index in [0.717, 1.165) is 62.0 Å². The Morgan fingerprint density at radius 3 is 1.20 bits per heavy atom. The van der Waals surface area contributed by atoms with Gasteiger partial charge in [0.15, 0.2) is 0 Å². The molecule has 448 valence electrons. The standard InChI is InChI=1S/C87H80N4/c1-3-5-7-9-11-20-53-86(54-21-12-10-8-6-4-2)79-36-15-13-34-75(79)77-62-82-78(61-81(77)86)76-35-14-16-37-80(76)87(82,71-49-43-65(44-50-71)66-28-25-29-67(58-66)83-38-17-22-55-88-83)70-47-41-63(42-48-70)64-45-51-72(52-46-64)91(73-32-26-30-68(59-73)84-39-18-23-56-89-84)74-33-27-31-69(60-74)85-40-19-24-57-90-85/h13-19,22-52,55-62H,3-12,20-21,53-54H2,1-2H3. The van der Waals surface area contributed by atoms with Gasteiger partial charge in [0.2, 0.25) is 0 Å². The van der Waals surface area contributed by atoms with Gasteiger partial charge < -0.3 is 4.90 Å². The number of hydrogen-bond acceptors (Lipinski definition) is 4. The molecule has 3 aromatic heterocycles. The Kier molecular flexibility index (Phi) is 17.3. The minimum atomic E-state index is -0.620. The van der Waals surface area contributed by atoms with Crippen molar-refractivity contribution in [3.63, 3.8) is 0 Å². The zero-order chi connectivity index (χ0) is 61.4. The van der Waals surface area contributed by atoms with E-state index < -0.39 is 5.41 Å². The average molecular weight is 1180 g/mol. The predicted molar refractivity (Wildman–Crippen MR) is 381 cm³/mol. The summed E-state index contributed by atoms with van der Waals surface area (Å²) in [6, 6.07) is 97.1. The molecule has 14 rings (SSSR count). The molecule has 0 fully saturated rings. The maximum absolute atomic E-state index is 4.73. The van der Waals surface area contributed by atoms with Crippen LogP contribution in [0.3, 0.4) is 0 Å². The molecular formula is C87H80N4. The van der Waals surface area contributed by atoms with Crippen molar-refractivity contribution in [2.24, 2.45) is 0 Å². The SMILES string of the molecule is CCCCCCCCC1(CCCCCCCC)c2ccccc2-c2cc3c(cc21)-c1ccccc1C3(c1ccc(-c2ccc(N(c3cccc(-c4ccccn4)c3)c3cccc(-c4ccccn4)c3)cc2)cc1)c1ccc(-c2cccc(-c3ccccn3)c2)cc1. The fourth-order valence-corrected chi connectivity index (χ4v) is 15.2. The highest BCUT2D eigenvalue weighted by molar-refractivity contribution is 5.93. The van der Waals surface area contributed by atoms with Crippen LogP contribution in [-0.4, -0.2) is 15.0 Å². The van der Waals surface area contributed by atoms with Gasteiger partial charge in [-0.25, -0.2) is 0 Å². The fourth-order valence-electron chi connectivity index (χ4n) is 15.2. The Labute approximate surface area is 539 Å². The summed E-state index contributed by atoms with van der Waals surface area (Å²) in [6.07, 6.45) is 23.5. The van der Waals surface area contributed by atoms with E-state index in [1.165, 1.54) is 146 Å². The Bertz CT molecular complexity index is 4320. The highest BCUT2D eigenvalue weighted by Crippen LogP contribution is 2.62. The van der Waals surface area contributed by atoms with Crippen molar-refractivity contribution in [3.05, 3.63) is 313 Å². The molecule has 0 aliphatic heterocycles. The van der Waals surface area contributed by atoms with Gasteiger partial charge in [0.05, 0.1) is 22.5 Å². The molecule has 2 aliphatic rings. The van der Waals surface area contributed by atoms with Crippen molar-refractivity contribution >= 4 is 17.1 Å². The van der Waals surface area contributed by atoms with Crippen LogP contribution in [0.2, 0.25) is 0 Å². The third-order valence-corrected chi connectivity index (χ3v) is 19.7. The molecule has 1 atom stereocenters. The second-order valence-corrected chi connectivity index (χ2v) is 25.3. The van der Waals surface area contributed by atoms with E-state index in [4.69, 9.17) is 15.0 Å². The summed E-state index contributed by atoms with van der Waals surface area (Å²) in [4.78, 5) is 16.5. The highest BCUT2D eigenvalue weighted by Gasteiger charge is 2.50. The van der Waals surface area contributed by atoms with E-state index in [1.807, 2.05) is 48.9 Å². The lowest BCUT2D eigenvalue weighted by atomic mass is 9.66. The third-order valence-electron chi connectivity index (χ3n) is 19.7. The van der Waals surface area contributed by atoms with Crippen LogP contribution in [0.5, 0.6) is 0 Å². The van der Waals surface area contributed by atoms with Crippen molar-refractivity contribution in [1.82, 2.24) is 15.0 Å². The summed E-state index contributed by atoms with van der Waals surface area (Å²) >= 11 is 0. The number of anilines is 3. The van der Waals surface area contributed by atoms with Crippen molar-refractivity contribution < 1.29 is 0 Å². The number of benzene rings is 9. The van der Waals surface area contributed by atoms with Crippen molar-refractivity contribution in [2.75, 3.05) is 4.90 Å². The van der Waals surface area contributed by atoms with Crippen molar-refractivity contribution in [1.29, 1.82) is 0 Å². The van der Waals surface area contributed by atoms with Crippen LogP contribution in [0, 0.1) is 0 Å². The Morgan fingerprint density at radius 2 is 0.681 bits per heavy atom. The van der Waals surface area contributed by atoms with Gasteiger partial charge >= 0.3 is 0 Å². The van der Waals surface area contributed by atoms with Crippen LogP contribution >= 0.6 is 0 Å². The molecule has 4 heteroatoms. The molecule has 2 aliphatic carbocycles. The largest absolute Gasteiger partial charge is 0.310 e. The lowest BCUT2D eigenvalue weighted by Gasteiger charge is -2.35. The van der Waals surface area contributed by atoms with Crippen LogP contribution in [0.1, 0.15) is 137 Å². The Morgan fingerprint density at radius 1 is 0.275 bits per heavy atom. The van der Waals surface area contributed by atoms with Gasteiger partial charge in [-0.2, -0.15) is 0 Å². The minimum absolute atomic E-state index is 0.0380. The van der Waals surface area contributed by atoms with Crippen molar-refractivity contribution in [2.45, 2.75) is 115 Å². The van der Waals surface area contributed by atoms with E-state index in [9.17, 15) is 0 Å². The average Bonchev–Trinajstić information content (AvgIpc) is 1.54. The number of unbranched alkanes of at least 4 members (excludes halogenated alkanes) is 10. The molecule has 1 unspecified atom stereocenters. The smallest absolute Gasteiger partial charge is 0.0713 e. The van der Waals surface area contributed by atoms with Gasteiger partial charge in [0.1, 0.15) is 0 Å². The molecule has 4 nitrogen and oxygen atoms in total. The molecule has 0 bridgehead atoms. The summed E-state index contributed by atoms with van der Waals surface area (Å²) in [6.45, 7) is 4.65. The first-order valence-corrected chi connectivity index (χ1v) is 33.6. The summed E-state index contributed by atoms with van der Waals surface area (Å²) in [7, 11) is 0. The van der Waals surface area contributed by atoms with Crippen LogP contribution in [0.15, 0.2) is 279 Å². The second-order valence-electron chi connectivity index (χ2n) is 25.3. The zero-order valence-electron chi connectivity index (χ0n) is 52.7. The van der Waals surface area contributed by atoms with Gasteiger partial charge in [-0.15, -0.1) is 0 Å². The molecule has 0 saturated heterocycles. The number of rotatable bonds is 24. The van der Waals surface area contributed by atoms with Crippen molar-refractivity contribution in [3.8, 4) is 78.3 Å². The molecular weight excluding hydrogens is 1100 g/mol. The first-order chi connectivity index (χ1) is 45.0. The molecule has 12 aromatic rings. The topological polar surface area (TPSA) is 41.9 Å². The number of nitrogens with zero attached hydrogens (tertiary/aromatic N) is 4. The summed E-state index contributed by atoms with van der Waals surface area (Å²) < 4.78 is 0. The Balaban J connectivity index is 0.885. The van der Waals surface area contributed by atoms with E-state index >= 15 is 0 Å². The fraction of sp³-hybridized carbons (Fsp3) is 0.207. The predicted octanol–water partition coefficient (Wildman–Crippen LogP) is 23.8. The van der Waals surface area contributed by atoms with Gasteiger partial charge in [0.25, 0.3) is 0 Å². The molecule has 3 heterocycles. The van der Waals surface area contributed by atoms with Gasteiger partial charge in [-0.3, -0.25) is 15.0 Å². The Hall–Kier alpha value is -9.77. The van der Waals surface area contributed by atoms with E-state index in [1.54, 1.807) is 11.1 Å². The van der Waals surface area contributed by atoms with E-state index in [0.29, 0.717) is 0 Å². The normalized spacial score (nSPS) is 14.1. The third kappa shape index (κ3) is 11.5. The molecule has 0 spiro atoms. The quantitative estimate of drug-likeness (QED) is 0.0566. The molecule has 0 saturated carbocycles. The minimum Gasteiger partial charge on any atom is -0.310 e.